The predicted molar refractivity (Wildman–Crippen MR) is 78.5 cm³/mol. The van der Waals surface area contributed by atoms with Crippen LogP contribution < -0.4 is 5.32 Å². The molecule has 2 aromatic heterocycles. The Bertz CT molecular complexity index is 755. The van der Waals surface area contributed by atoms with E-state index >= 15 is 0 Å². The summed E-state index contributed by atoms with van der Waals surface area (Å²) in [6.07, 6.45) is 4.82. The maximum absolute atomic E-state index is 4.52. The van der Waals surface area contributed by atoms with Gasteiger partial charge in [-0.05, 0) is 17.7 Å². The zero-order valence-corrected chi connectivity index (χ0v) is 11.2. The van der Waals surface area contributed by atoms with Crippen molar-refractivity contribution < 1.29 is 0 Å². The smallest absolute Gasteiger partial charge is 0.122 e. The molecule has 1 N–H and O–H groups in total. The molecule has 20 heavy (non-hydrogen) atoms. The van der Waals surface area contributed by atoms with Gasteiger partial charge in [-0.25, -0.2) is 4.98 Å². The molecule has 0 saturated heterocycles. The molecule has 0 saturated carbocycles. The van der Waals surface area contributed by atoms with Crippen LogP contribution in [-0.2, 0) is 19.5 Å². The molecule has 0 bridgehead atoms. The van der Waals surface area contributed by atoms with Crippen molar-refractivity contribution >= 4 is 10.9 Å². The largest absolute Gasteiger partial charge is 0.329 e. The van der Waals surface area contributed by atoms with Crippen LogP contribution in [0.15, 0.2) is 42.7 Å². The molecule has 4 rings (SSSR count). The summed E-state index contributed by atoms with van der Waals surface area (Å²) in [5, 5.41) is 4.59. The highest BCUT2D eigenvalue weighted by atomic mass is 15.2. The van der Waals surface area contributed by atoms with Gasteiger partial charge in [-0.2, -0.15) is 0 Å². The maximum Gasteiger partial charge on any atom is 0.122 e. The number of nitrogens with zero attached hydrogens (tertiary/aromatic N) is 3. The lowest BCUT2D eigenvalue weighted by Crippen LogP contribution is -2.29. The molecule has 0 atom stereocenters. The Kier molecular flexibility index (Phi) is 2.74. The summed E-state index contributed by atoms with van der Waals surface area (Å²) in [6, 6.07) is 10.4. The van der Waals surface area contributed by atoms with Crippen molar-refractivity contribution in [2.75, 3.05) is 6.54 Å². The summed E-state index contributed by atoms with van der Waals surface area (Å²) < 4.78 is 2.34. The number of pyridine rings is 1. The number of para-hydroxylation sites is 1. The van der Waals surface area contributed by atoms with E-state index in [4.69, 9.17) is 0 Å². The van der Waals surface area contributed by atoms with Gasteiger partial charge in [-0.15, -0.1) is 0 Å². The number of hydrogen-bond donors (Lipinski definition) is 1. The first kappa shape index (κ1) is 11.6. The highest BCUT2D eigenvalue weighted by molar-refractivity contribution is 5.82. The second-order valence-corrected chi connectivity index (χ2v) is 5.16. The minimum Gasteiger partial charge on any atom is -0.329 e. The third-order valence-electron chi connectivity index (χ3n) is 3.93. The van der Waals surface area contributed by atoms with Gasteiger partial charge in [0.05, 0.1) is 12.1 Å². The number of rotatable bonds is 2. The van der Waals surface area contributed by atoms with Crippen LogP contribution in [0.1, 0.15) is 17.1 Å². The minimum atomic E-state index is 0.872. The Balaban J connectivity index is 1.76. The second-order valence-electron chi connectivity index (χ2n) is 5.16. The van der Waals surface area contributed by atoms with Gasteiger partial charge in [0.2, 0.25) is 0 Å². The number of nitrogens with one attached hydrogen (secondary N) is 1. The van der Waals surface area contributed by atoms with Crippen LogP contribution in [0.25, 0.3) is 10.9 Å². The summed E-state index contributed by atoms with van der Waals surface area (Å²) in [7, 11) is 0. The van der Waals surface area contributed by atoms with Gasteiger partial charge in [0, 0.05) is 43.0 Å². The number of hydrogen-bond acceptors (Lipinski definition) is 3. The molecule has 0 aliphatic carbocycles. The van der Waals surface area contributed by atoms with Crippen LogP contribution in [0.5, 0.6) is 0 Å². The molecule has 1 aliphatic heterocycles. The zero-order valence-electron chi connectivity index (χ0n) is 11.2. The topological polar surface area (TPSA) is 42.7 Å². The molecule has 4 nitrogen and oxygen atoms in total. The minimum absolute atomic E-state index is 0.872. The molecule has 3 aromatic rings. The Hall–Kier alpha value is -2.20. The first-order valence-corrected chi connectivity index (χ1v) is 6.98. The van der Waals surface area contributed by atoms with Gasteiger partial charge in [-0.1, -0.05) is 18.2 Å². The summed E-state index contributed by atoms with van der Waals surface area (Å²) in [4.78, 5) is 8.94. The lowest BCUT2D eigenvalue weighted by atomic mass is 10.0. The molecule has 1 aliphatic rings. The van der Waals surface area contributed by atoms with Crippen molar-refractivity contribution in [2.45, 2.75) is 19.5 Å². The summed E-state index contributed by atoms with van der Waals surface area (Å²) in [6.45, 7) is 2.90. The quantitative estimate of drug-likeness (QED) is 0.771. The van der Waals surface area contributed by atoms with Crippen LogP contribution in [0, 0.1) is 0 Å². The molecule has 0 amide bonds. The fourth-order valence-electron chi connectivity index (χ4n) is 2.90. The first-order valence-electron chi connectivity index (χ1n) is 6.98. The zero-order chi connectivity index (χ0) is 13.4. The highest BCUT2D eigenvalue weighted by Gasteiger charge is 2.14. The molecule has 100 valence electrons. The van der Waals surface area contributed by atoms with E-state index in [1.165, 1.54) is 16.6 Å². The summed E-state index contributed by atoms with van der Waals surface area (Å²) in [5.74, 6) is 1.14. The Morgan fingerprint density at radius 1 is 1.15 bits per heavy atom. The monoisotopic (exact) mass is 264 g/mol. The molecule has 0 spiro atoms. The molecule has 1 aromatic carbocycles. The number of benzene rings is 1. The summed E-state index contributed by atoms with van der Waals surface area (Å²) >= 11 is 0. The third kappa shape index (κ3) is 1.89. The van der Waals surface area contributed by atoms with Crippen LogP contribution >= 0.6 is 0 Å². The van der Waals surface area contributed by atoms with E-state index in [1.54, 1.807) is 0 Å². The second kappa shape index (κ2) is 4.72. The van der Waals surface area contributed by atoms with E-state index in [0.29, 0.717) is 0 Å². The van der Waals surface area contributed by atoms with Gasteiger partial charge < -0.3 is 9.88 Å². The van der Waals surface area contributed by atoms with E-state index in [0.717, 1.165) is 37.4 Å². The van der Waals surface area contributed by atoms with E-state index in [1.807, 2.05) is 18.5 Å². The van der Waals surface area contributed by atoms with Gasteiger partial charge >= 0.3 is 0 Å². The van der Waals surface area contributed by atoms with Crippen molar-refractivity contribution in [3.05, 3.63) is 59.8 Å². The van der Waals surface area contributed by atoms with Gasteiger partial charge in [0.15, 0.2) is 0 Å². The first-order chi connectivity index (χ1) is 9.92. The van der Waals surface area contributed by atoms with E-state index in [-0.39, 0.29) is 0 Å². The lowest BCUT2D eigenvalue weighted by Gasteiger charge is -2.17. The van der Waals surface area contributed by atoms with Crippen molar-refractivity contribution in [3.63, 3.8) is 0 Å². The molecule has 0 unspecified atom stereocenters. The molecular weight excluding hydrogens is 248 g/mol. The fourth-order valence-corrected chi connectivity index (χ4v) is 2.90. The van der Waals surface area contributed by atoms with Crippen LogP contribution in [0.3, 0.4) is 0 Å². The summed E-state index contributed by atoms with van der Waals surface area (Å²) in [5.41, 5.74) is 3.67. The normalized spacial score (nSPS) is 14.4. The highest BCUT2D eigenvalue weighted by Crippen LogP contribution is 2.20. The van der Waals surface area contributed by atoms with Crippen LogP contribution in [0.2, 0.25) is 0 Å². The molecule has 0 radical (unpaired) electrons. The SMILES string of the molecule is c1ccc2c(Cc3cnc4n3CCNC4)ccnc2c1. The number of aromatic nitrogens is 3. The predicted octanol–water partition coefficient (Wildman–Crippen LogP) is 2.13. The van der Waals surface area contributed by atoms with Gasteiger partial charge in [-0.3, -0.25) is 4.98 Å². The van der Waals surface area contributed by atoms with E-state index in [9.17, 15) is 0 Å². The molecule has 0 fully saturated rings. The molecular formula is C16H16N4. The Morgan fingerprint density at radius 2 is 2.10 bits per heavy atom. The average Bonchev–Trinajstić information content (AvgIpc) is 2.91. The van der Waals surface area contributed by atoms with Crippen molar-refractivity contribution in [1.82, 2.24) is 19.9 Å². The molecule has 3 heterocycles. The molecule has 4 heteroatoms. The standard InChI is InChI=1S/C16H16N4/c1-2-4-15-14(3-1)12(5-6-18-15)9-13-10-19-16-11-17-7-8-20(13)16/h1-6,10,17H,7-9,11H2. The number of imidazole rings is 1. The van der Waals surface area contributed by atoms with Crippen molar-refractivity contribution in [3.8, 4) is 0 Å². The average molecular weight is 264 g/mol. The van der Waals surface area contributed by atoms with Crippen molar-refractivity contribution in [2.24, 2.45) is 0 Å². The van der Waals surface area contributed by atoms with Crippen molar-refractivity contribution in [1.29, 1.82) is 0 Å². The van der Waals surface area contributed by atoms with E-state index < -0.39 is 0 Å². The maximum atomic E-state index is 4.52. The lowest BCUT2D eigenvalue weighted by molar-refractivity contribution is 0.496. The fraction of sp³-hybridized carbons (Fsp3) is 0.250. The number of fused-ring (bicyclic) bond motifs is 2. The van der Waals surface area contributed by atoms with Crippen LogP contribution in [-0.4, -0.2) is 21.1 Å². The Labute approximate surface area is 117 Å². The van der Waals surface area contributed by atoms with E-state index in [2.05, 4.69) is 44.1 Å². The van der Waals surface area contributed by atoms with Gasteiger partial charge in [0.1, 0.15) is 5.82 Å². The van der Waals surface area contributed by atoms with Crippen LogP contribution in [0.4, 0.5) is 0 Å². The van der Waals surface area contributed by atoms with Gasteiger partial charge in [0.25, 0.3) is 0 Å². The third-order valence-corrected chi connectivity index (χ3v) is 3.93. The Morgan fingerprint density at radius 3 is 3.10 bits per heavy atom.